The molecule has 0 bridgehead atoms. The second-order valence-corrected chi connectivity index (χ2v) is 2.67. The van der Waals surface area contributed by atoms with Crippen LogP contribution < -0.4 is 0 Å². The van der Waals surface area contributed by atoms with Crippen LogP contribution in [0.25, 0.3) is 0 Å². The molecule has 0 atom stereocenters. The molecule has 0 fully saturated rings. The highest BCUT2D eigenvalue weighted by Crippen LogP contribution is 1.98. The van der Waals surface area contributed by atoms with E-state index in [4.69, 9.17) is 0 Å². The van der Waals surface area contributed by atoms with Gasteiger partial charge in [0.1, 0.15) is 12.6 Å². The number of carbonyl (C=O) groups is 2. The van der Waals surface area contributed by atoms with Crippen LogP contribution in [0.1, 0.15) is 38.5 Å². The van der Waals surface area contributed by atoms with Crippen LogP contribution >= 0.6 is 0 Å². The molecule has 0 saturated heterocycles. The summed E-state index contributed by atoms with van der Waals surface area (Å²) in [5.41, 5.74) is 0. The van der Waals surface area contributed by atoms with Crippen molar-refractivity contribution in [3.63, 3.8) is 0 Å². The third kappa shape index (κ3) is 9.08. The SMILES string of the molecule is O=CCCC/C=C/CCCC=O. The lowest BCUT2D eigenvalue weighted by molar-refractivity contribution is -0.108. The van der Waals surface area contributed by atoms with E-state index in [-0.39, 0.29) is 0 Å². The number of carbonyl (C=O) groups excluding carboxylic acids is 2. The van der Waals surface area contributed by atoms with E-state index in [1.165, 1.54) is 0 Å². The van der Waals surface area contributed by atoms with Gasteiger partial charge < -0.3 is 9.59 Å². The topological polar surface area (TPSA) is 34.1 Å². The van der Waals surface area contributed by atoms with Crippen molar-refractivity contribution in [1.82, 2.24) is 0 Å². The largest absolute Gasteiger partial charge is 0.303 e. The Kier molecular flexibility index (Phi) is 9.31. The minimum atomic E-state index is 0.651. The van der Waals surface area contributed by atoms with E-state index in [1.807, 2.05) is 0 Å². The van der Waals surface area contributed by atoms with E-state index in [9.17, 15) is 9.59 Å². The molecule has 0 amide bonds. The summed E-state index contributed by atoms with van der Waals surface area (Å²) < 4.78 is 0. The van der Waals surface area contributed by atoms with Gasteiger partial charge in [-0.15, -0.1) is 0 Å². The molecule has 0 unspecified atom stereocenters. The predicted molar refractivity (Wildman–Crippen MR) is 49.0 cm³/mol. The summed E-state index contributed by atoms with van der Waals surface area (Å²) >= 11 is 0. The third-order valence-corrected chi connectivity index (χ3v) is 1.55. The Morgan fingerprint density at radius 1 is 0.667 bits per heavy atom. The first-order chi connectivity index (χ1) is 5.91. The van der Waals surface area contributed by atoms with E-state index in [0.29, 0.717) is 12.8 Å². The van der Waals surface area contributed by atoms with Crippen molar-refractivity contribution in [2.45, 2.75) is 38.5 Å². The van der Waals surface area contributed by atoms with E-state index in [2.05, 4.69) is 12.2 Å². The van der Waals surface area contributed by atoms with Gasteiger partial charge in [-0.25, -0.2) is 0 Å². The highest BCUT2D eigenvalue weighted by Gasteiger charge is 1.83. The maximum atomic E-state index is 9.92. The van der Waals surface area contributed by atoms with E-state index in [0.717, 1.165) is 38.3 Å². The fourth-order valence-corrected chi connectivity index (χ4v) is 0.874. The van der Waals surface area contributed by atoms with Crippen LogP contribution in [0, 0.1) is 0 Å². The molecule has 0 N–H and O–H groups in total. The van der Waals surface area contributed by atoms with Gasteiger partial charge in [0.15, 0.2) is 0 Å². The normalized spacial score (nSPS) is 10.3. The van der Waals surface area contributed by atoms with Crippen LogP contribution in [-0.4, -0.2) is 12.6 Å². The molecule has 0 aliphatic heterocycles. The zero-order chi connectivity index (χ0) is 9.07. The zero-order valence-corrected chi connectivity index (χ0v) is 7.37. The first-order valence-corrected chi connectivity index (χ1v) is 4.44. The van der Waals surface area contributed by atoms with Crippen LogP contribution in [0.15, 0.2) is 12.2 Å². The first-order valence-electron chi connectivity index (χ1n) is 4.44. The van der Waals surface area contributed by atoms with Crippen molar-refractivity contribution in [2.24, 2.45) is 0 Å². The summed E-state index contributed by atoms with van der Waals surface area (Å²) in [6, 6.07) is 0. The summed E-state index contributed by atoms with van der Waals surface area (Å²) in [6.07, 6.45) is 11.2. The standard InChI is InChI=1S/C10H16O2/c11-9-7-5-3-1-2-4-6-8-10-12/h1-2,9-10H,3-8H2/b2-1+. The minimum Gasteiger partial charge on any atom is -0.303 e. The molecule has 0 rings (SSSR count). The number of allylic oxidation sites excluding steroid dienone is 2. The second kappa shape index (κ2) is 10.1. The lowest BCUT2D eigenvalue weighted by atomic mass is 10.2. The molecule has 12 heavy (non-hydrogen) atoms. The Balaban J connectivity index is 3.02. The van der Waals surface area contributed by atoms with Gasteiger partial charge >= 0.3 is 0 Å². The molecule has 0 saturated carbocycles. The van der Waals surface area contributed by atoms with Crippen LogP contribution in [0.4, 0.5) is 0 Å². The Labute approximate surface area is 73.7 Å². The minimum absolute atomic E-state index is 0.651. The van der Waals surface area contributed by atoms with Crippen molar-refractivity contribution in [3.05, 3.63) is 12.2 Å². The Morgan fingerprint density at radius 3 is 1.42 bits per heavy atom. The van der Waals surface area contributed by atoms with Crippen LogP contribution in [0.2, 0.25) is 0 Å². The van der Waals surface area contributed by atoms with Gasteiger partial charge in [0, 0.05) is 12.8 Å². The van der Waals surface area contributed by atoms with Crippen molar-refractivity contribution in [2.75, 3.05) is 0 Å². The highest BCUT2D eigenvalue weighted by molar-refractivity contribution is 5.49. The maximum Gasteiger partial charge on any atom is 0.120 e. The average molecular weight is 168 g/mol. The van der Waals surface area contributed by atoms with Crippen molar-refractivity contribution < 1.29 is 9.59 Å². The van der Waals surface area contributed by atoms with E-state index >= 15 is 0 Å². The smallest absolute Gasteiger partial charge is 0.120 e. The molecule has 2 heteroatoms. The first kappa shape index (κ1) is 11.1. The molecular weight excluding hydrogens is 152 g/mol. The van der Waals surface area contributed by atoms with Crippen LogP contribution in [0.5, 0.6) is 0 Å². The van der Waals surface area contributed by atoms with Crippen molar-refractivity contribution in [1.29, 1.82) is 0 Å². The summed E-state index contributed by atoms with van der Waals surface area (Å²) in [4.78, 5) is 19.8. The molecule has 0 heterocycles. The number of hydrogen-bond donors (Lipinski definition) is 0. The van der Waals surface area contributed by atoms with Gasteiger partial charge in [0.25, 0.3) is 0 Å². The fraction of sp³-hybridized carbons (Fsp3) is 0.600. The molecule has 0 aromatic rings. The van der Waals surface area contributed by atoms with Gasteiger partial charge in [0.2, 0.25) is 0 Å². The van der Waals surface area contributed by atoms with Gasteiger partial charge in [-0.3, -0.25) is 0 Å². The maximum absolute atomic E-state index is 9.92. The van der Waals surface area contributed by atoms with Crippen molar-refractivity contribution in [3.8, 4) is 0 Å². The van der Waals surface area contributed by atoms with Crippen LogP contribution in [0.3, 0.4) is 0 Å². The van der Waals surface area contributed by atoms with Gasteiger partial charge in [-0.05, 0) is 25.7 Å². The number of rotatable bonds is 8. The van der Waals surface area contributed by atoms with E-state index in [1.54, 1.807) is 0 Å². The molecule has 0 aliphatic rings. The molecule has 0 radical (unpaired) electrons. The highest BCUT2D eigenvalue weighted by atomic mass is 16.1. The average Bonchev–Trinajstić information content (AvgIpc) is 2.10. The molecule has 0 spiro atoms. The molecule has 0 aromatic carbocycles. The summed E-state index contributed by atoms with van der Waals surface area (Å²) in [7, 11) is 0. The number of hydrogen-bond acceptors (Lipinski definition) is 2. The molecule has 0 aromatic heterocycles. The second-order valence-electron chi connectivity index (χ2n) is 2.67. The Bertz CT molecular complexity index is 123. The zero-order valence-electron chi connectivity index (χ0n) is 7.37. The fourth-order valence-electron chi connectivity index (χ4n) is 0.874. The van der Waals surface area contributed by atoms with Crippen molar-refractivity contribution >= 4 is 12.6 Å². The van der Waals surface area contributed by atoms with E-state index < -0.39 is 0 Å². The molecule has 2 nitrogen and oxygen atoms in total. The van der Waals surface area contributed by atoms with Gasteiger partial charge in [0.05, 0.1) is 0 Å². The van der Waals surface area contributed by atoms with Crippen LogP contribution in [-0.2, 0) is 9.59 Å². The quantitative estimate of drug-likeness (QED) is 0.316. The molecule has 0 aliphatic carbocycles. The lowest BCUT2D eigenvalue weighted by Crippen LogP contribution is -1.75. The summed E-state index contributed by atoms with van der Waals surface area (Å²) in [6.45, 7) is 0. The summed E-state index contributed by atoms with van der Waals surface area (Å²) in [5, 5.41) is 0. The lowest BCUT2D eigenvalue weighted by Gasteiger charge is -1.88. The van der Waals surface area contributed by atoms with Gasteiger partial charge in [-0.1, -0.05) is 12.2 Å². The summed E-state index contributed by atoms with van der Waals surface area (Å²) in [5.74, 6) is 0. The number of unbranched alkanes of at least 4 members (excludes halogenated alkanes) is 4. The predicted octanol–water partition coefficient (Wildman–Crippen LogP) is 2.28. The molecule has 68 valence electrons. The monoisotopic (exact) mass is 168 g/mol. The Hall–Kier alpha value is -0.920. The third-order valence-electron chi connectivity index (χ3n) is 1.55. The molecular formula is C10H16O2. The Morgan fingerprint density at radius 2 is 1.08 bits per heavy atom. The van der Waals surface area contributed by atoms with Gasteiger partial charge in [-0.2, -0.15) is 0 Å². The number of aldehydes is 2.